The summed E-state index contributed by atoms with van der Waals surface area (Å²) >= 11 is 0. The summed E-state index contributed by atoms with van der Waals surface area (Å²) in [6, 6.07) is 1.73. The third-order valence-corrected chi connectivity index (χ3v) is 3.38. The monoisotopic (exact) mass is 219 g/mol. The van der Waals surface area contributed by atoms with E-state index < -0.39 is 0 Å². The van der Waals surface area contributed by atoms with Gasteiger partial charge in [0.15, 0.2) is 0 Å². The van der Waals surface area contributed by atoms with Crippen molar-refractivity contribution in [3.05, 3.63) is 24.0 Å². The molecule has 1 aromatic heterocycles. The van der Waals surface area contributed by atoms with Crippen molar-refractivity contribution in [2.45, 2.75) is 6.04 Å². The lowest BCUT2D eigenvalue weighted by Crippen LogP contribution is -2.32. The molecule has 1 saturated carbocycles. The highest BCUT2D eigenvalue weighted by Gasteiger charge is 2.53. The van der Waals surface area contributed by atoms with E-state index in [-0.39, 0.29) is 11.7 Å². The Morgan fingerprint density at radius 1 is 1.44 bits per heavy atom. The van der Waals surface area contributed by atoms with Gasteiger partial charge in [-0.15, -0.1) is 0 Å². The molecule has 84 valence electrons. The molecule has 2 atom stereocenters. The van der Waals surface area contributed by atoms with Gasteiger partial charge >= 0.3 is 0 Å². The third kappa shape index (κ3) is 1.53. The maximum atomic E-state index is 11.8. The molecule has 2 unspecified atom stereocenters. The number of amides is 1. The predicted octanol–water partition coefficient (Wildman–Crippen LogP) is -0.265. The lowest BCUT2D eigenvalue weighted by molar-refractivity contribution is 0.0946. The van der Waals surface area contributed by atoms with Crippen molar-refractivity contribution in [1.29, 1.82) is 0 Å². The topological polar surface area (TPSA) is 74.2 Å². The Morgan fingerprint density at radius 3 is 2.88 bits per heavy atom. The van der Waals surface area contributed by atoms with Crippen LogP contribution in [0.4, 0.5) is 0 Å². The minimum atomic E-state index is -0.150. The molecular formula is C11H13N3O2. The second kappa shape index (κ2) is 3.45. The summed E-state index contributed by atoms with van der Waals surface area (Å²) in [6.45, 7) is 1.99. The Bertz CT molecular complexity index is 425. The molecule has 3 rings (SSSR count). The van der Waals surface area contributed by atoms with Crippen molar-refractivity contribution in [3.8, 4) is 5.75 Å². The van der Waals surface area contributed by atoms with Crippen LogP contribution in [0.3, 0.4) is 0 Å². The molecular weight excluding hydrogens is 206 g/mol. The third-order valence-electron chi connectivity index (χ3n) is 3.38. The lowest BCUT2D eigenvalue weighted by Gasteiger charge is -2.07. The second-order valence-corrected chi connectivity index (χ2v) is 4.42. The number of rotatable bonds is 2. The zero-order chi connectivity index (χ0) is 11.1. The first kappa shape index (κ1) is 9.59. The Labute approximate surface area is 92.9 Å². The van der Waals surface area contributed by atoms with Gasteiger partial charge in [-0.3, -0.25) is 9.78 Å². The number of aromatic nitrogens is 1. The van der Waals surface area contributed by atoms with E-state index >= 15 is 0 Å². The molecule has 2 fully saturated rings. The molecule has 0 spiro atoms. The van der Waals surface area contributed by atoms with Crippen LogP contribution in [0.5, 0.6) is 5.75 Å². The highest BCUT2D eigenvalue weighted by atomic mass is 16.3. The molecule has 1 aromatic rings. The van der Waals surface area contributed by atoms with Crippen LogP contribution in [-0.4, -0.2) is 35.1 Å². The van der Waals surface area contributed by atoms with Crippen LogP contribution in [0.2, 0.25) is 0 Å². The Morgan fingerprint density at radius 2 is 2.19 bits per heavy atom. The number of pyridine rings is 1. The van der Waals surface area contributed by atoms with Crippen LogP contribution in [-0.2, 0) is 0 Å². The molecule has 3 N–H and O–H groups in total. The number of hydrogen-bond donors (Lipinski definition) is 3. The summed E-state index contributed by atoms with van der Waals surface area (Å²) < 4.78 is 0. The van der Waals surface area contributed by atoms with Crippen LogP contribution >= 0.6 is 0 Å². The molecule has 0 radical (unpaired) electrons. The molecule has 5 heteroatoms. The highest BCUT2D eigenvalue weighted by molar-refractivity contribution is 5.94. The molecule has 1 aliphatic heterocycles. The number of carbonyl (C=O) groups is 1. The van der Waals surface area contributed by atoms with E-state index in [1.807, 2.05) is 0 Å². The van der Waals surface area contributed by atoms with Gasteiger partial charge in [0.2, 0.25) is 0 Å². The Hall–Kier alpha value is -1.62. The summed E-state index contributed by atoms with van der Waals surface area (Å²) in [5.74, 6) is 1.05. The Kier molecular flexibility index (Phi) is 2.07. The Balaban J connectivity index is 1.66. The van der Waals surface area contributed by atoms with Crippen LogP contribution in [0, 0.1) is 11.8 Å². The number of aromatic hydroxyl groups is 1. The maximum absolute atomic E-state index is 11.8. The van der Waals surface area contributed by atoms with E-state index in [4.69, 9.17) is 0 Å². The van der Waals surface area contributed by atoms with Crippen LogP contribution in [0.15, 0.2) is 18.5 Å². The predicted molar refractivity (Wildman–Crippen MR) is 57.0 cm³/mol. The average molecular weight is 219 g/mol. The van der Waals surface area contributed by atoms with E-state index in [1.165, 1.54) is 18.5 Å². The van der Waals surface area contributed by atoms with Crippen LogP contribution in [0.25, 0.3) is 0 Å². The lowest BCUT2D eigenvalue weighted by atomic mass is 10.2. The van der Waals surface area contributed by atoms with Crippen molar-refractivity contribution in [1.82, 2.24) is 15.6 Å². The van der Waals surface area contributed by atoms with Gasteiger partial charge in [0.05, 0.1) is 11.8 Å². The van der Waals surface area contributed by atoms with Gasteiger partial charge in [-0.2, -0.15) is 0 Å². The first-order valence-electron chi connectivity index (χ1n) is 5.41. The number of carbonyl (C=O) groups excluding carboxylic acids is 1. The average Bonchev–Trinajstić information content (AvgIpc) is 2.74. The molecule has 2 aliphatic rings. The highest BCUT2D eigenvalue weighted by Crippen LogP contribution is 2.41. The van der Waals surface area contributed by atoms with Gasteiger partial charge in [-0.1, -0.05) is 0 Å². The number of nitrogens with one attached hydrogen (secondary N) is 2. The van der Waals surface area contributed by atoms with Gasteiger partial charge in [0.25, 0.3) is 5.91 Å². The van der Waals surface area contributed by atoms with E-state index in [1.54, 1.807) is 0 Å². The first-order valence-corrected chi connectivity index (χ1v) is 5.41. The summed E-state index contributed by atoms with van der Waals surface area (Å²) in [5.41, 5.74) is 0.415. The molecule has 1 saturated heterocycles. The van der Waals surface area contributed by atoms with E-state index in [0.29, 0.717) is 23.4 Å². The van der Waals surface area contributed by atoms with Gasteiger partial charge in [-0.05, 0) is 17.9 Å². The summed E-state index contributed by atoms with van der Waals surface area (Å²) in [4.78, 5) is 15.6. The number of hydrogen-bond acceptors (Lipinski definition) is 4. The van der Waals surface area contributed by atoms with Crippen molar-refractivity contribution in [2.24, 2.45) is 11.8 Å². The van der Waals surface area contributed by atoms with E-state index in [2.05, 4.69) is 15.6 Å². The molecule has 16 heavy (non-hydrogen) atoms. The van der Waals surface area contributed by atoms with Gasteiger partial charge in [0.1, 0.15) is 5.75 Å². The van der Waals surface area contributed by atoms with Crippen molar-refractivity contribution >= 4 is 5.91 Å². The van der Waals surface area contributed by atoms with Crippen LogP contribution < -0.4 is 10.6 Å². The largest absolute Gasteiger partial charge is 0.506 e. The van der Waals surface area contributed by atoms with E-state index in [9.17, 15) is 9.90 Å². The van der Waals surface area contributed by atoms with Gasteiger partial charge in [0, 0.05) is 25.3 Å². The SMILES string of the molecule is O=C(NC1C2CNCC21)c1cncc(O)c1. The smallest absolute Gasteiger partial charge is 0.253 e. The number of fused-ring (bicyclic) bond motifs is 1. The standard InChI is InChI=1S/C11H13N3O2/c15-7-1-6(2-12-3-7)11(16)14-10-8-4-13-5-9(8)10/h1-3,8-10,13,15H,4-5H2,(H,14,16). The molecule has 1 amide bonds. The first-order chi connectivity index (χ1) is 7.75. The molecule has 0 aromatic carbocycles. The normalized spacial score (nSPS) is 30.9. The molecule has 5 nitrogen and oxygen atoms in total. The summed E-state index contributed by atoms with van der Waals surface area (Å²) in [5, 5.41) is 15.5. The number of nitrogens with zero attached hydrogens (tertiary/aromatic N) is 1. The molecule has 0 bridgehead atoms. The molecule has 2 heterocycles. The van der Waals surface area contributed by atoms with Gasteiger partial charge in [-0.25, -0.2) is 0 Å². The van der Waals surface area contributed by atoms with Crippen molar-refractivity contribution in [3.63, 3.8) is 0 Å². The second-order valence-electron chi connectivity index (χ2n) is 4.42. The fraction of sp³-hybridized carbons (Fsp3) is 0.455. The minimum absolute atomic E-state index is 0.0188. The van der Waals surface area contributed by atoms with Gasteiger partial charge < -0.3 is 15.7 Å². The molecule has 1 aliphatic carbocycles. The van der Waals surface area contributed by atoms with Crippen molar-refractivity contribution < 1.29 is 9.90 Å². The number of piperidine rings is 1. The summed E-state index contributed by atoms with van der Waals surface area (Å²) in [6.07, 6.45) is 2.78. The quantitative estimate of drug-likeness (QED) is 0.640. The van der Waals surface area contributed by atoms with Crippen molar-refractivity contribution in [2.75, 3.05) is 13.1 Å². The zero-order valence-corrected chi connectivity index (χ0v) is 8.68. The summed E-state index contributed by atoms with van der Waals surface area (Å²) in [7, 11) is 0. The zero-order valence-electron chi connectivity index (χ0n) is 8.68. The van der Waals surface area contributed by atoms with Crippen LogP contribution in [0.1, 0.15) is 10.4 Å². The fourth-order valence-corrected chi connectivity index (χ4v) is 2.42. The fourth-order valence-electron chi connectivity index (χ4n) is 2.42. The maximum Gasteiger partial charge on any atom is 0.253 e. The van der Waals surface area contributed by atoms with E-state index in [0.717, 1.165) is 13.1 Å². The minimum Gasteiger partial charge on any atom is -0.506 e.